The van der Waals surface area contributed by atoms with Gasteiger partial charge >= 0.3 is 0 Å². The average Bonchev–Trinajstić information content (AvgIpc) is 2.05. The Hall–Kier alpha value is -0.350. The van der Waals surface area contributed by atoms with Crippen molar-refractivity contribution >= 4 is 38.1 Å². The Bertz CT molecular complexity index is 310. The second kappa shape index (κ2) is 4.05. The number of hydrogen-bond donors (Lipinski definition) is 0. The van der Waals surface area contributed by atoms with Crippen LogP contribution in [0, 0.1) is 0 Å². The Balaban J connectivity index is 3.26. The van der Waals surface area contributed by atoms with E-state index in [2.05, 4.69) is 31.9 Å². The monoisotopic (exact) mass is 292 g/mol. The van der Waals surface area contributed by atoms with E-state index in [4.69, 9.17) is 4.74 Å². The quantitative estimate of drug-likeness (QED) is 0.784. The molecule has 0 heterocycles. The molecule has 0 N–H and O–H groups in total. The largest absolute Gasteiger partial charge is 0.496 e. The molecule has 0 spiro atoms. The van der Waals surface area contributed by atoms with Gasteiger partial charge in [-0.1, -0.05) is 15.9 Å². The van der Waals surface area contributed by atoms with E-state index in [0.29, 0.717) is 11.3 Å². The van der Waals surface area contributed by atoms with Crippen molar-refractivity contribution in [3.8, 4) is 5.75 Å². The van der Waals surface area contributed by atoms with E-state index in [1.807, 2.05) is 0 Å². The van der Waals surface area contributed by atoms with E-state index in [9.17, 15) is 4.79 Å². The van der Waals surface area contributed by atoms with Crippen molar-refractivity contribution in [2.45, 2.75) is 0 Å². The molecule has 0 saturated heterocycles. The van der Waals surface area contributed by atoms with Crippen LogP contribution in [0.25, 0.3) is 0 Å². The smallest absolute Gasteiger partial charge is 0.151 e. The third-order valence-electron chi connectivity index (χ3n) is 1.40. The fraction of sp³-hybridized carbons (Fsp3) is 0.125. The lowest BCUT2D eigenvalue weighted by atomic mass is 10.2. The van der Waals surface area contributed by atoms with Crippen LogP contribution in [0.4, 0.5) is 0 Å². The summed E-state index contributed by atoms with van der Waals surface area (Å²) in [5.41, 5.74) is 0.579. The SMILES string of the molecule is COc1cc(C=O)c(Br)cc1Br. The van der Waals surface area contributed by atoms with Crippen molar-refractivity contribution < 1.29 is 9.53 Å². The minimum absolute atomic E-state index is 0.579. The summed E-state index contributed by atoms with van der Waals surface area (Å²) >= 11 is 6.55. The highest BCUT2D eigenvalue weighted by atomic mass is 79.9. The van der Waals surface area contributed by atoms with Crippen LogP contribution in [0.15, 0.2) is 21.1 Å². The number of hydrogen-bond acceptors (Lipinski definition) is 2. The second-order valence-electron chi connectivity index (χ2n) is 2.13. The molecule has 0 aliphatic heterocycles. The van der Waals surface area contributed by atoms with Gasteiger partial charge in [-0.05, 0) is 28.1 Å². The molecule has 0 amide bonds. The van der Waals surface area contributed by atoms with E-state index in [-0.39, 0.29) is 0 Å². The van der Waals surface area contributed by atoms with Gasteiger partial charge in [0.2, 0.25) is 0 Å². The molecule has 0 atom stereocenters. The number of carbonyl (C=O) groups excluding carboxylic acids is 1. The van der Waals surface area contributed by atoms with Gasteiger partial charge in [-0.15, -0.1) is 0 Å². The topological polar surface area (TPSA) is 26.3 Å². The second-order valence-corrected chi connectivity index (χ2v) is 3.83. The number of rotatable bonds is 2. The fourth-order valence-electron chi connectivity index (χ4n) is 0.792. The zero-order chi connectivity index (χ0) is 9.14. The first-order chi connectivity index (χ1) is 5.69. The van der Waals surface area contributed by atoms with Gasteiger partial charge in [-0.3, -0.25) is 4.79 Å². The minimum Gasteiger partial charge on any atom is -0.496 e. The molecule has 12 heavy (non-hydrogen) atoms. The molecule has 0 aromatic heterocycles. The highest BCUT2D eigenvalue weighted by Crippen LogP contribution is 2.30. The van der Waals surface area contributed by atoms with E-state index in [1.54, 1.807) is 19.2 Å². The maximum atomic E-state index is 10.5. The molecule has 64 valence electrons. The fourth-order valence-corrected chi connectivity index (χ4v) is 2.04. The van der Waals surface area contributed by atoms with E-state index in [1.165, 1.54) is 0 Å². The molecule has 0 unspecified atom stereocenters. The standard InChI is InChI=1S/C8H6Br2O2/c1-12-8-2-5(4-11)6(9)3-7(8)10/h2-4H,1H3. The van der Waals surface area contributed by atoms with Crippen molar-refractivity contribution in [3.63, 3.8) is 0 Å². The van der Waals surface area contributed by atoms with Gasteiger partial charge in [0.25, 0.3) is 0 Å². The summed E-state index contributed by atoms with van der Waals surface area (Å²) in [5, 5.41) is 0. The summed E-state index contributed by atoms with van der Waals surface area (Å²) in [6.45, 7) is 0. The molecular weight excluding hydrogens is 288 g/mol. The summed E-state index contributed by atoms with van der Waals surface area (Å²) in [6.07, 6.45) is 0.777. The maximum Gasteiger partial charge on any atom is 0.151 e. The Kier molecular flexibility index (Phi) is 3.29. The first-order valence-electron chi connectivity index (χ1n) is 3.17. The molecule has 1 aromatic carbocycles. The van der Waals surface area contributed by atoms with Crippen LogP contribution in [0.1, 0.15) is 10.4 Å². The van der Waals surface area contributed by atoms with E-state index < -0.39 is 0 Å². The zero-order valence-electron chi connectivity index (χ0n) is 6.30. The van der Waals surface area contributed by atoms with Crippen molar-refractivity contribution in [1.29, 1.82) is 0 Å². The summed E-state index contributed by atoms with van der Waals surface area (Å²) < 4.78 is 6.59. The van der Waals surface area contributed by atoms with Crippen molar-refractivity contribution in [2.24, 2.45) is 0 Å². The maximum absolute atomic E-state index is 10.5. The third kappa shape index (κ3) is 1.87. The summed E-state index contributed by atoms with van der Waals surface area (Å²) in [4.78, 5) is 10.5. The van der Waals surface area contributed by atoms with Crippen LogP contribution in [0.5, 0.6) is 5.75 Å². The van der Waals surface area contributed by atoms with Gasteiger partial charge < -0.3 is 4.74 Å². The Labute approximate surface area is 87.2 Å². The van der Waals surface area contributed by atoms with Crippen LogP contribution in [-0.2, 0) is 0 Å². The predicted molar refractivity (Wildman–Crippen MR) is 53.8 cm³/mol. The molecule has 1 rings (SSSR count). The van der Waals surface area contributed by atoms with Gasteiger partial charge in [0.1, 0.15) is 5.75 Å². The molecule has 0 radical (unpaired) electrons. The molecule has 0 fully saturated rings. The van der Waals surface area contributed by atoms with E-state index in [0.717, 1.165) is 15.2 Å². The van der Waals surface area contributed by atoms with E-state index >= 15 is 0 Å². The molecule has 4 heteroatoms. The number of aldehydes is 1. The third-order valence-corrected chi connectivity index (χ3v) is 2.70. The summed E-state index contributed by atoms with van der Waals surface area (Å²) in [5.74, 6) is 0.653. The summed E-state index contributed by atoms with van der Waals surface area (Å²) in [6, 6.07) is 3.45. The highest BCUT2D eigenvalue weighted by molar-refractivity contribution is 9.11. The van der Waals surface area contributed by atoms with Crippen molar-refractivity contribution in [1.82, 2.24) is 0 Å². The number of benzene rings is 1. The number of carbonyl (C=O) groups is 1. The Morgan fingerprint density at radius 2 is 2.00 bits per heavy atom. The van der Waals surface area contributed by atoms with Crippen LogP contribution in [0.3, 0.4) is 0 Å². The Morgan fingerprint density at radius 3 is 2.50 bits per heavy atom. The van der Waals surface area contributed by atoms with Crippen molar-refractivity contribution in [3.05, 3.63) is 26.6 Å². The molecule has 0 bridgehead atoms. The lowest BCUT2D eigenvalue weighted by molar-refractivity contribution is 0.112. The number of ether oxygens (including phenoxy) is 1. The normalized spacial score (nSPS) is 9.58. The molecule has 1 aromatic rings. The molecule has 2 nitrogen and oxygen atoms in total. The van der Waals surface area contributed by atoms with Gasteiger partial charge in [-0.2, -0.15) is 0 Å². The van der Waals surface area contributed by atoms with Crippen molar-refractivity contribution in [2.75, 3.05) is 7.11 Å². The number of halogens is 2. The Morgan fingerprint density at radius 1 is 1.33 bits per heavy atom. The predicted octanol–water partition coefficient (Wildman–Crippen LogP) is 3.03. The molecule has 0 aliphatic carbocycles. The molecular formula is C8H6Br2O2. The van der Waals surface area contributed by atoms with Gasteiger partial charge in [0, 0.05) is 10.0 Å². The first kappa shape index (κ1) is 9.74. The van der Waals surface area contributed by atoms with Gasteiger partial charge in [-0.25, -0.2) is 0 Å². The highest BCUT2D eigenvalue weighted by Gasteiger charge is 2.05. The zero-order valence-corrected chi connectivity index (χ0v) is 9.48. The molecule has 0 aliphatic rings. The first-order valence-corrected chi connectivity index (χ1v) is 4.76. The number of methoxy groups -OCH3 is 1. The minimum atomic E-state index is 0.579. The summed E-state index contributed by atoms with van der Waals surface area (Å²) in [7, 11) is 1.56. The van der Waals surface area contributed by atoms with Crippen LogP contribution >= 0.6 is 31.9 Å². The molecule has 0 saturated carbocycles. The van der Waals surface area contributed by atoms with Gasteiger partial charge in [0.15, 0.2) is 6.29 Å². The lowest BCUT2D eigenvalue weighted by Crippen LogP contribution is -1.88. The average molecular weight is 294 g/mol. The van der Waals surface area contributed by atoms with Crippen LogP contribution in [0.2, 0.25) is 0 Å². The van der Waals surface area contributed by atoms with Crippen LogP contribution in [-0.4, -0.2) is 13.4 Å². The lowest BCUT2D eigenvalue weighted by Gasteiger charge is -2.04. The van der Waals surface area contributed by atoms with Crippen LogP contribution < -0.4 is 4.74 Å². The van der Waals surface area contributed by atoms with Gasteiger partial charge in [0.05, 0.1) is 11.6 Å².